The van der Waals surface area contributed by atoms with Crippen molar-refractivity contribution in [1.29, 1.82) is 0 Å². The van der Waals surface area contributed by atoms with Crippen LogP contribution in [0.4, 0.5) is 0 Å². The van der Waals surface area contributed by atoms with Gasteiger partial charge in [-0.2, -0.15) is 0 Å². The van der Waals surface area contributed by atoms with Crippen LogP contribution in [0.5, 0.6) is 0 Å². The molecule has 5 rings (SSSR count). The Morgan fingerprint density at radius 3 is 2.49 bits per heavy atom. The number of rotatable bonds is 5. The molecule has 1 aromatic heterocycles. The molecule has 0 aromatic carbocycles. The molecule has 9 atom stereocenters. The Morgan fingerprint density at radius 1 is 1.23 bits per heavy atom. The smallest absolute Gasteiger partial charge is 0.339 e. The monoisotopic (exact) mass is 490 g/mol. The molecule has 2 aliphatic heterocycles. The van der Waals surface area contributed by atoms with E-state index in [0.717, 1.165) is 0 Å². The minimum atomic E-state index is -1.35. The van der Waals surface area contributed by atoms with Crippen molar-refractivity contribution in [2.75, 3.05) is 0 Å². The highest BCUT2D eigenvalue weighted by Gasteiger charge is 2.88. The number of fused-ring (bicyclic) bond motifs is 1. The molecule has 192 valence electrons. The van der Waals surface area contributed by atoms with E-state index in [9.17, 15) is 29.7 Å². The minimum absolute atomic E-state index is 0.0665. The number of carboxylic acids is 1. The van der Waals surface area contributed by atoms with Gasteiger partial charge in [0.15, 0.2) is 6.10 Å². The van der Waals surface area contributed by atoms with Gasteiger partial charge in [-0.15, -0.1) is 0 Å². The maximum absolute atomic E-state index is 14.1. The standard InChI is InChI=1S/C26H34O9/c1-22(2,32)15-10-17(28)25(5)14(24(15,4)16(27)11-18(29)30)6-8-23(3)19(13-7-9-33-12-13)34-21(31)20-26(23,25)35-20/h7,9,12,14-16,19-20,27,32H,6,8,10-11H2,1-5H3,(H,29,30). The van der Waals surface area contributed by atoms with Gasteiger partial charge in [0, 0.05) is 28.7 Å². The molecule has 2 saturated carbocycles. The van der Waals surface area contributed by atoms with Crippen molar-refractivity contribution in [3.05, 3.63) is 24.2 Å². The first kappa shape index (κ1) is 24.5. The summed E-state index contributed by atoms with van der Waals surface area (Å²) < 4.78 is 17.3. The van der Waals surface area contributed by atoms with Gasteiger partial charge < -0.3 is 29.2 Å². The summed E-state index contributed by atoms with van der Waals surface area (Å²) in [5.74, 6) is -3.07. The van der Waals surface area contributed by atoms with Gasteiger partial charge in [0.1, 0.15) is 17.5 Å². The van der Waals surface area contributed by atoms with Crippen LogP contribution in [0, 0.1) is 28.1 Å². The van der Waals surface area contributed by atoms with Gasteiger partial charge in [-0.25, -0.2) is 4.79 Å². The second kappa shape index (κ2) is 7.17. The van der Waals surface area contributed by atoms with Crippen LogP contribution >= 0.6 is 0 Å². The summed E-state index contributed by atoms with van der Waals surface area (Å²) in [6, 6.07) is 1.74. The minimum Gasteiger partial charge on any atom is -0.481 e. The lowest BCUT2D eigenvalue weighted by Gasteiger charge is -2.66. The van der Waals surface area contributed by atoms with Crippen LogP contribution in [-0.4, -0.2) is 56.5 Å². The van der Waals surface area contributed by atoms with E-state index in [1.54, 1.807) is 33.8 Å². The lowest BCUT2D eigenvalue weighted by atomic mass is 9.37. The lowest BCUT2D eigenvalue weighted by Crippen LogP contribution is -2.73. The van der Waals surface area contributed by atoms with E-state index in [1.807, 2.05) is 6.92 Å². The molecule has 9 unspecified atom stereocenters. The number of aliphatic hydroxyl groups is 2. The van der Waals surface area contributed by atoms with Gasteiger partial charge in [0.05, 0.1) is 36.1 Å². The highest BCUT2D eigenvalue weighted by Crippen LogP contribution is 2.78. The van der Waals surface area contributed by atoms with E-state index in [-0.39, 0.29) is 12.2 Å². The summed E-state index contributed by atoms with van der Waals surface area (Å²) in [7, 11) is 0. The molecular formula is C26H34O9. The fourth-order valence-electron chi connectivity index (χ4n) is 8.51. The molecule has 4 fully saturated rings. The van der Waals surface area contributed by atoms with Crippen LogP contribution in [0.15, 0.2) is 23.0 Å². The van der Waals surface area contributed by atoms with Crippen molar-refractivity contribution >= 4 is 17.7 Å². The zero-order valence-electron chi connectivity index (χ0n) is 20.7. The van der Waals surface area contributed by atoms with Crippen molar-refractivity contribution in [2.24, 2.45) is 28.1 Å². The topological polar surface area (TPSA) is 147 Å². The highest BCUT2D eigenvalue weighted by molar-refractivity contribution is 5.93. The van der Waals surface area contributed by atoms with Crippen LogP contribution in [0.3, 0.4) is 0 Å². The SMILES string of the molecule is CC(C)(O)C1CC(=O)C2(C)C(CCC3(C)C(c4ccoc4)OC(=O)C4OC432)C1(C)C(O)CC(=O)O. The molecule has 1 spiro atoms. The molecule has 9 nitrogen and oxygen atoms in total. The first-order chi connectivity index (χ1) is 16.2. The van der Waals surface area contributed by atoms with Crippen LogP contribution < -0.4 is 0 Å². The van der Waals surface area contributed by atoms with Crippen molar-refractivity contribution in [1.82, 2.24) is 0 Å². The van der Waals surface area contributed by atoms with E-state index in [1.165, 1.54) is 12.5 Å². The Balaban J connectivity index is 1.68. The molecule has 2 aliphatic carbocycles. The first-order valence-corrected chi connectivity index (χ1v) is 12.2. The van der Waals surface area contributed by atoms with E-state index >= 15 is 0 Å². The summed E-state index contributed by atoms with van der Waals surface area (Å²) in [6.07, 6.45) is 0.504. The van der Waals surface area contributed by atoms with Crippen molar-refractivity contribution in [3.8, 4) is 0 Å². The van der Waals surface area contributed by atoms with Gasteiger partial charge in [0.25, 0.3) is 0 Å². The summed E-state index contributed by atoms with van der Waals surface area (Å²) in [5, 5.41) is 31.9. The number of aliphatic carboxylic acids is 1. The normalized spacial score (nSPS) is 45.6. The van der Waals surface area contributed by atoms with Crippen LogP contribution in [0.2, 0.25) is 0 Å². The molecule has 35 heavy (non-hydrogen) atoms. The number of ketones is 1. The van der Waals surface area contributed by atoms with Gasteiger partial charge in [-0.3, -0.25) is 9.59 Å². The maximum atomic E-state index is 14.1. The molecule has 3 heterocycles. The quantitative estimate of drug-likeness (QED) is 0.418. The number of carbonyl (C=O) groups is 3. The van der Waals surface area contributed by atoms with E-state index in [4.69, 9.17) is 13.9 Å². The fourth-order valence-corrected chi connectivity index (χ4v) is 8.51. The number of hydrogen-bond donors (Lipinski definition) is 3. The summed E-state index contributed by atoms with van der Waals surface area (Å²) >= 11 is 0. The fraction of sp³-hybridized carbons (Fsp3) is 0.731. The Morgan fingerprint density at radius 2 is 1.91 bits per heavy atom. The van der Waals surface area contributed by atoms with Gasteiger partial charge in [0.2, 0.25) is 0 Å². The number of epoxide rings is 1. The molecule has 3 N–H and O–H groups in total. The number of furan rings is 1. The number of aliphatic hydroxyl groups excluding tert-OH is 1. The first-order valence-electron chi connectivity index (χ1n) is 12.2. The Labute approximate surface area is 203 Å². The highest BCUT2D eigenvalue weighted by atomic mass is 16.7. The van der Waals surface area contributed by atoms with Gasteiger partial charge in [-0.05, 0) is 45.6 Å². The average Bonchev–Trinajstić information content (AvgIpc) is 3.32. The zero-order chi connectivity index (χ0) is 25.8. The largest absolute Gasteiger partial charge is 0.481 e. The predicted octanol–water partition coefficient (Wildman–Crippen LogP) is 2.64. The Hall–Kier alpha value is -2.23. The van der Waals surface area contributed by atoms with Gasteiger partial charge in [-0.1, -0.05) is 13.8 Å². The van der Waals surface area contributed by atoms with Crippen molar-refractivity contribution < 1.29 is 43.6 Å². The molecule has 0 amide bonds. The third-order valence-electron chi connectivity index (χ3n) is 10.2. The zero-order valence-corrected chi connectivity index (χ0v) is 20.7. The summed E-state index contributed by atoms with van der Waals surface area (Å²) in [5.41, 5.74) is -4.93. The maximum Gasteiger partial charge on any atom is 0.339 e. The molecule has 1 aromatic rings. The second-order valence-corrected chi connectivity index (χ2v) is 12.1. The molecule has 0 bridgehead atoms. The molecule has 0 radical (unpaired) electrons. The number of cyclic esters (lactones) is 1. The van der Waals surface area contributed by atoms with Crippen LogP contribution in [-0.2, 0) is 23.9 Å². The molecular weight excluding hydrogens is 456 g/mol. The van der Waals surface area contributed by atoms with Crippen molar-refractivity contribution in [2.45, 2.75) is 89.8 Å². The predicted molar refractivity (Wildman–Crippen MR) is 120 cm³/mol. The number of carbonyl (C=O) groups excluding carboxylic acids is 2. The van der Waals surface area contributed by atoms with E-state index in [2.05, 4.69) is 0 Å². The summed E-state index contributed by atoms with van der Waals surface area (Å²) in [6.45, 7) is 8.74. The molecule has 2 saturated heterocycles. The number of hydrogen-bond acceptors (Lipinski definition) is 8. The lowest BCUT2D eigenvalue weighted by molar-refractivity contribution is -0.236. The van der Waals surface area contributed by atoms with Crippen molar-refractivity contribution in [3.63, 3.8) is 0 Å². The van der Waals surface area contributed by atoms with Crippen LogP contribution in [0.1, 0.15) is 72.0 Å². The Bertz CT molecular complexity index is 1070. The third kappa shape index (κ3) is 2.83. The Kier molecular flexibility index (Phi) is 5.01. The second-order valence-electron chi connectivity index (χ2n) is 12.1. The van der Waals surface area contributed by atoms with E-state index in [0.29, 0.717) is 18.4 Å². The summed E-state index contributed by atoms with van der Waals surface area (Å²) in [4.78, 5) is 38.8. The van der Waals surface area contributed by atoms with Crippen LogP contribution in [0.25, 0.3) is 0 Å². The number of esters is 1. The molecule has 4 aliphatic rings. The molecule has 9 heteroatoms. The van der Waals surface area contributed by atoms with E-state index < -0.39 is 76.0 Å². The number of Topliss-reactive ketones (excluding diaryl/α,β-unsaturated/α-hetero) is 1. The third-order valence-corrected chi connectivity index (χ3v) is 10.2. The van der Waals surface area contributed by atoms with Gasteiger partial charge >= 0.3 is 11.9 Å². The number of ether oxygens (including phenoxy) is 2. The average molecular weight is 491 g/mol. The number of carboxylic acid groups (broad SMARTS) is 1.